The van der Waals surface area contributed by atoms with Crippen molar-refractivity contribution in [2.24, 2.45) is 5.92 Å². The highest BCUT2D eigenvalue weighted by Gasteiger charge is 2.16. The summed E-state index contributed by atoms with van der Waals surface area (Å²) in [5.41, 5.74) is 12.6. The Kier molecular flexibility index (Phi) is 8.08. The SMILES string of the molecule is CC(C)COC(=O)c1cc(N)c(SCCNC(=O)OC(C)(C)C)c(N)c1. The van der Waals surface area contributed by atoms with Gasteiger partial charge in [-0.25, -0.2) is 9.59 Å². The molecule has 0 aliphatic rings. The Bertz CT molecular complexity index is 619. The van der Waals surface area contributed by atoms with E-state index in [0.29, 0.717) is 40.7 Å². The average Bonchev–Trinajstić information content (AvgIpc) is 2.49. The van der Waals surface area contributed by atoms with Gasteiger partial charge in [0.15, 0.2) is 0 Å². The van der Waals surface area contributed by atoms with Crippen LogP contribution in [0.15, 0.2) is 17.0 Å². The number of nitrogens with one attached hydrogen (secondary N) is 1. The third-order valence-electron chi connectivity index (χ3n) is 2.95. The van der Waals surface area contributed by atoms with Crippen LogP contribution in [0.3, 0.4) is 0 Å². The molecule has 1 amide bonds. The fourth-order valence-corrected chi connectivity index (χ4v) is 2.76. The molecule has 26 heavy (non-hydrogen) atoms. The molecule has 1 aromatic rings. The second kappa shape index (κ2) is 9.56. The Morgan fingerprint density at radius 2 is 1.77 bits per heavy atom. The number of ether oxygens (including phenoxy) is 2. The van der Waals surface area contributed by atoms with Crippen LogP contribution in [0, 0.1) is 5.92 Å². The van der Waals surface area contributed by atoms with Gasteiger partial charge in [0.1, 0.15) is 5.60 Å². The van der Waals surface area contributed by atoms with E-state index >= 15 is 0 Å². The van der Waals surface area contributed by atoms with Gasteiger partial charge in [0.05, 0.1) is 17.1 Å². The van der Waals surface area contributed by atoms with E-state index in [0.717, 1.165) is 0 Å². The van der Waals surface area contributed by atoms with Crippen molar-refractivity contribution < 1.29 is 19.1 Å². The lowest BCUT2D eigenvalue weighted by Crippen LogP contribution is -2.33. The van der Waals surface area contributed by atoms with Crippen LogP contribution in [0.4, 0.5) is 16.2 Å². The van der Waals surface area contributed by atoms with Gasteiger partial charge in [0.25, 0.3) is 0 Å². The largest absolute Gasteiger partial charge is 0.462 e. The van der Waals surface area contributed by atoms with Crippen molar-refractivity contribution >= 4 is 35.2 Å². The van der Waals surface area contributed by atoms with Gasteiger partial charge in [-0.15, -0.1) is 11.8 Å². The predicted octanol–water partition coefficient (Wildman–Crippen LogP) is 3.28. The molecule has 0 saturated heterocycles. The maximum absolute atomic E-state index is 12.0. The Morgan fingerprint density at radius 3 is 2.27 bits per heavy atom. The molecule has 5 N–H and O–H groups in total. The Labute approximate surface area is 159 Å². The maximum atomic E-state index is 12.0. The summed E-state index contributed by atoms with van der Waals surface area (Å²) < 4.78 is 10.3. The minimum atomic E-state index is -0.536. The van der Waals surface area contributed by atoms with Crippen molar-refractivity contribution in [3.05, 3.63) is 17.7 Å². The number of hydrogen-bond acceptors (Lipinski definition) is 7. The van der Waals surface area contributed by atoms with Crippen LogP contribution in [0.25, 0.3) is 0 Å². The van der Waals surface area contributed by atoms with Crippen molar-refractivity contribution in [3.63, 3.8) is 0 Å². The number of hydrogen-bond donors (Lipinski definition) is 3. The number of anilines is 2. The van der Waals surface area contributed by atoms with Crippen molar-refractivity contribution in [1.82, 2.24) is 5.32 Å². The summed E-state index contributed by atoms with van der Waals surface area (Å²) in [6, 6.07) is 3.12. The van der Waals surface area contributed by atoms with E-state index in [1.54, 1.807) is 32.9 Å². The monoisotopic (exact) mass is 383 g/mol. The van der Waals surface area contributed by atoms with E-state index in [1.807, 2.05) is 13.8 Å². The minimum Gasteiger partial charge on any atom is -0.462 e. The number of carbonyl (C=O) groups is 2. The summed E-state index contributed by atoms with van der Waals surface area (Å²) in [7, 11) is 0. The smallest absolute Gasteiger partial charge is 0.407 e. The number of esters is 1. The molecule has 0 unspecified atom stereocenters. The topological polar surface area (TPSA) is 117 Å². The molecule has 8 heteroatoms. The first kappa shape index (κ1) is 22.0. The third-order valence-corrected chi connectivity index (χ3v) is 4.11. The highest BCUT2D eigenvalue weighted by Crippen LogP contribution is 2.32. The fourth-order valence-electron chi connectivity index (χ4n) is 1.91. The Balaban J connectivity index is 2.58. The first-order chi connectivity index (χ1) is 12.0. The van der Waals surface area contributed by atoms with Crippen molar-refractivity contribution in [2.45, 2.75) is 45.1 Å². The second-order valence-corrected chi connectivity index (χ2v) is 8.36. The van der Waals surface area contributed by atoms with Gasteiger partial charge in [0, 0.05) is 23.7 Å². The zero-order chi connectivity index (χ0) is 19.9. The molecule has 1 rings (SSSR count). The summed E-state index contributed by atoms with van der Waals surface area (Å²) in [5, 5.41) is 2.67. The Morgan fingerprint density at radius 1 is 1.19 bits per heavy atom. The normalized spacial score (nSPS) is 11.3. The van der Waals surface area contributed by atoms with Crippen molar-refractivity contribution in [1.29, 1.82) is 0 Å². The van der Waals surface area contributed by atoms with E-state index < -0.39 is 17.7 Å². The number of rotatable bonds is 7. The highest BCUT2D eigenvalue weighted by molar-refractivity contribution is 7.99. The molecule has 0 aliphatic heterocycles. The molecule has 1 aromatic carbocycles. The molecule has 0 bridgehead atoms. The lowest BCUT2D eigenvalue weighted by atomic mass is 10.1. The minimum absolute atomic E-state index is 0.251. The van der Waals surface area contributed by atoms with Crippen molar-refractivity contribution in [2.75, 3.05) is 30.4 Å². The number of amides is 1. The van der Waals surface area contributed by atoms with Gasteiger partial charge < -0.3 is 26.3 Å². The van der Waals surface area contributed by atoms with Crippen LogP contribution in [0.5, 0.6) is 0 Å². The molecule has 0 aromatic heterocycles. The quantitative estimate of drug-likeness (QED) is 0.286. The summed E-state index contributed by atoms with van der Waals surface area (Å²) in [5.74, 6) is 0.367. The van der Waals surface area contributed by atoms with E-state index in [1.165, 1.54) is 11.8 Å². The molecule has 0 heterocycles. The fraction of sp³-hybridized carbons (Fsp3) is 0.556. The van der Waals surface area contributed by atoms with Gasteiger partial charge in [-0.2, -0.15) is 0 Å². The number of nitrogen functional groups attached to an aromatic ring is 2. The molecule has 0 atom stereocenters. The van der Waals surface area contributed by atoms with Crippen LogP contribution in [-0.2, 0) is 9.47 Å². The predicted molar refractivity (Wildman–Crippen MR) is 105 cm³/mol. The molecular formula is C18H29N3O4S. The van der Waals surface area contributed by atoms with Crippen LogP contribution in [0.1, 0.15) is 45.0 Å². The number of alkyl carbamates (subject to hydrolysis) is 1. The molecule has 0 fully saturated rings. The molecule has 0 aliphatic carbocycles. The summed E-state index contributed by atoms with van der Waals surface area (Å²) >= 11 is 1.40. The van der Waals surface area contributed by atoms with Crippen LogP contribution in [-0.4, -0.2) is 36.6 Å². The lowest BCUT2D eigenvalue weighted by molar-refractivity contribution is 0.0457. The first-order valence-corrected chi connectivity index (χ1v) is 9.44. The Hall–Kier alpha value is -2.09. The zero-order valence-electron chi connectivity index (χ0n) is 16.0. The molecule has 0 spiro atoms. The summed E-state index contributed by atoms with van der Waals surface area (Å²) in [6.45, 7) is 10.1. The number of thioether (sulfide) groups is 1. The standard InChI is InChI=1S/C18H29N3O4S/c1-11(2)10-24-16(22)12-8-13(19)15(14(20)9-12)26-7-6-21-17(23)25-18(3,4)5/h8-9,11H,6-7,10,19-20H2,1-5H3,(H,21,23). The highest BCUT2D eigenvalue weighted by atomic mass is 32.2. The number of carbonyl (C=O) groups excluding carboxylic acids is 2. The van der Waals surface area contributed by atoms with Gasteiger partial charge in [-0.1, -0.05) is 13.8 Å². The zero-order valence-corrected chi connectivity index (χ0v) is 16.9. The van der Waals surface area contributed by atoms with E-state index in [2.05, 4.69) is 5.32 Å². The second-order valence-electron chi connectivity index (χ2n) is 7.25. The van der Waals surface area contributed by atoms with E-state index in [-0.39, 0.29) is 5.92 Å². The average molecular weight is 384 g/mol. The molecule has 7 nitrogen and oxygen atoms in total. The van der Waals surface area contributed by atoms with Crippen LogP contribution in [0.2, 0.25) is 0 Å². The maximum Gasteiger partial charge on any atom is 0.407 e. The van der Waals surface area contributed by atoms with Crippen molar-refractivity contribution in [3.8, 4) is 0 Å². The van der Waals surface area contributed by atoms with Gasteiger partial charge in [-0.3, -0.25) is 0 Å². The lowest BCUT2D eigenvalue weighted by Gasteiger charge is -2.19. The van der Waals surface area contributed by atoms with Gasteiger partial charge in [-0.05, 0) is 38.8 Å². The summed E-state index contributed by atoms with van der Waals surface area (Å²) in [6.07, 6.45) is -0.470. The number of nitrogens with two attached hydrogens (primary N) is 2. The van der Waals surface area contributed by atoms with E-state index in [4.69, 9.17) is 20.9 Å². The first-order valence-electron chi connectivity index (χ1n) is 8.45. The number of benzene rings is 1. The molecule has 0 saturated carbocycles. The molecule has 146 valence electrons. The third kappa shape index (κ3) is 7.86. The van der Waals surface area contributed by atoms with Crippen LogP contribution >= 0.6 is 11.8 Å². The molecular weight excluding hydrogens is 354 g/mol. The van der Waals surface area contributed by atoms with Gasteiger partial charge in [0.2, 0.25) is 0 Å². The molecule has 0 radical (unpaired) electrons. The van der Waals surface area contributed by atoms with E-state index in [9.17, 15) is 9.59 Å². The summed E-state index contributed by atoms with van der Waals surface area (Å²) in [4.78, 5) is 24.3. The van der Waals surface area contributed by atoms with Gasteiger partial charge >= 0.3 is 12.1 Å². The van der Waals surface area contributed by atoms with Crippen LogP contribution < -0.4 is 16.8 Å².